The average Bonchev–Trinajstić information content (AvgIpc) is 2.82. The normalized spacial score (nSPS) is 12.6. The van der Waals surface area contributed by atoms with Gasteiger partial charge in [0.1, 0.15) is 0 Å². The second-order valence-corrected chi connectivity index (χ2v) is 6.73. The fraction of sp³-hybridized carbons (Fsp3) is 0.286. The van der Waals surface area contributed by atoms with E-state index < -0.39 is 0 Å². The van der Waals surface area contributed by atoms with Crippen LogP contribution in [0, 0.1) is 0 Å². The van der Waals surface area contributed by atoms with Crippen molar-refractivity contribution in [3.05, 3.63) is 46.3 Å². The molecule has 1 aromatic carbocycles. The molecular weight excluding hydrogens is 282 g/mol. The third-order valence-corrected chi connectivity index (χ3v) is 5.02. The molecule has 0 aliphatic rings. The Kier molecular flexibility index (Phi) is 5.13. The first-order chi connectivity index (χ1) is 8.70. The average molecular weight is 298 g/mol. The molecule has 0 bridgehead atoms. The third-order valence-electron chi connectivity index (χ3n) is 2.66. The van der Waals surface area contributed by atoms with E-state index in [1.807, 2.05) is 0 Å². The van der Waals surface area contributed by atoms with Crippen molar-refractivity contribution < 1.29 is 0 Å². The summed E-state index contributed by atoms with van der Waals surface area (Å²) in [5, 5.41) is 6.31. The van der Waals surface area contributed by atoms with Crippen molar-refractivity contribution in [2.45, 2.75) is 29.0 Å². The topological polar surface area (TPSA) is 12.0 Å². The van der Waals surface area contributed by atoms with Gasteiger partial charge >= 0.3 is 0 Å². The standard InChI is InChI=1S/C14H16ClNS2/c1-3-16-10(2)12-7-6-11(9-13(12)15)18-14-5-4-8-17-14/h4-10,16H,3H2,1-2H3. The highest BCUT2D eigenvalue weighted by Crippen LogP contribution is 2.34. The van der Waals surface area contributed by atoms with E-state index in [-0.39, 0.29) is 0 Å². The Hall–Kier alpha value is -0.480. The molecule has 2 aromatic rings. The highest BCUT2D eigenvalue weighted by Gasteiger charge is 2.09. The second kappa shape index (κ2) is 6.62. The van der Waals surface area contributed by atoms with Gasteiger partial charge in [0.15, 0.2) is 0 Å². The summed E-state index contributed by atoms with van der Waals surface area (Å²) in [5.74, 6) is 0. The molecule has 0 aliphatic heterocycles. The summed E-state index contributed by atoms with van der Waals surface area (Å²) in [6.07, 6.45) is 0. The van der Waals surface area contributed by atoms with Crippen molar-refractivity contribution in [3.8, 4) is 0 Å². The van der Waals surface area contributed by atoms with Gasteiger partial charge in [0.25, 0.3) is 0 Å². The molecule has 0 aliphatic carbocycles. The lowest BCUT2D eigenvalue weighted by molar-refractivity contribution is 0.598. The Morgan fingerprint density at radius 2 is 2.22 bits per heavy atom. The monoisotopic (exact) mass is 297 g/mol. The van der Waals surface area contributed by atoms with Crippen LogP contribution in [0.5, 0.6) is 0 Å². The molecule has 2 rings (SSSR count). The van der Waals surface area contributed by atoms with Gasteiger partial charge in [0, 0.05) is 16.0 Å². The molecule has 0 spiro atoms. The van der Waals surface area contributed by atoms with Crippen LogP contribution in [0.25, 0.3) is 0 Å². The van der Waals surface area contributed by atoms with E-state index in [0.29, 0.717) is 6.04 Å². The molecule has 0 saturated carbocycles. The molecule has 1 unspecified atom stereocenters. The Morgan fingerprint density at radius 1 is 1.39 bits per heavy atom. The molecule has 1 atom stereocenters. The fourth-order valence-electron chi connectivity index (χ4n) is 1.78. The smallest absolute Gasteiger partial charge is 0.0646 e. The number of nitrogens with one attached hydrogen (secondary N) is 1. The zero-order valence-electron chi connectivity index (χ0n) is 10.4. The molecule has 18 heavy (non-hydrogen) atoms. The third kappa shape index (κ3) is 3.51. The quantitative estimate of drug-likeness (QED) is 0.811. The Morgan fingerprint density at radius 3 is 2.83 bits per heavy atom. The largest absolute Gasteiger partial charge is 0.310 e. The van der Waals surface area contributed by atoms with Gasteiger partial charge < -0.3 is 5.32 Å². The maximum Gasteiger partial charge on any atom is 0.0646 e. The van der Waals surface area contributed by atoms with Gasteiger partial charge in [-0.25, -0.2) is 0 Å². The molecule has 1 N–H and O–H groups in total. The van der Waals surface area contributed by atoms with Gasteiger partial charge in [-0.3, -0.25) is 0 Å². The van der Waals surface area contributed by atoms with E-state index in [2.05, 4.69) is 54.9 Å². The van der Waals surface area contributed by atoms with Crippen molar-refractivity contribution in [1.82, 2.24) is 5.32 Å². The molecule has 4 heteroatoms. The van der Waals surface area contributed by atoms with Crippen molar-refractivity contribution in [2.24, 2.45) is 0 Å². The molecule has 0 amide bonds. The molecule has 0 fully saturated rings. The van der Waals surface area contributed by atoms with Gasteiger partial charge in [-0.1, -0.05) is 42.4 Å². The van der Waals surface area contributed by atoms with Gasteiger partial charge in [-0.15, -0.1) is 11.3 Å². The Bertz CT molecular complexity index is 497. The number of rotatable bonds is 5. The van der Waals surface area contributed by atoms with Crippen LogP contribution in [0.15, 0.2) is 44.8 Å². The summed E-state index contributed by atoms with van der Waals surface area (Å²) in [4.78, 5) is 1.19. The van der Waals surface area contributed by atoms with E-state index >= 15 is 0 Å². The summed E-state index contributed by atoms with van der Waals surface area (Å²) < 4.78 is 1.29. The zero-order chi connectivity index (χ0) is 13.0. The Balaban J connectivity index is 2.14. The van der Waals surface area contributed by atoms with Crippen LogP contribution >= 0.6 is 34.7 Å². The van der Waals surface area contributed by atoms with Crippen LogP contribution in [0.4, 0.5) is 0 Å². The molecule has 0 saturated heterocycles. The van der Waals surface area contributed by atoms with Crippen LogP contribution in [-0.4, -0.2) is 6.54 Å². The van der Waals surface area contributed by atoms with E-state index in [1.165, 1.54) is 9.10 Å². The highest BCUT2D eigenvalue weighted by molar-refractivity contribution is 8.01. The first-order valence-corrected chi connectivity index (χ1v) is 8.02. The van der Waals surface area contributed by atoms with Gasteiger partial charge in [0.05, 0.1) is 4.21 Å². The van der Waals surface area contributed by atoms with Crippen LogP contribution in [0.1, 0.15) is 25.5 Å². The van der Waals surface area contributed by atoms with Gasteiger partial charge in [-0.05, 0) is 42.6 Å². The summed E-state index contributed by atoms with van der Waals surface area (Å²) in [5.41, 5.74) is 1.16. The van der Waals surface area contributed by atoms with E-state index in [4.69, 9.17) is 11.6 Å². The summed E-state index contributed by atoms with van der Waals surface area (Å²) in [6, 6.07) is 10.8. The van der Waals surface area contributed by atoms with Crippen LogP contribution in [-0.2, 0) is 0 Å². The van der Waals surface area contributed by atoms with Crippen molar-refractivity contribution in [1.29, 1.82) is 0 Å². The number of hydrogen-bond acceptors (Lipinski definition) is 3. The maximum absolute atomic E-state index is 6.35. The second-order valence-electron chi connectivity index (χ2n) is 4.00. The van der Waals surface area contributed by atoms with Gasteiger partial charge in [-0.2, -0.15) is 0 Å². The minimum absolute atomic E-state index is 0.295. The zero-order valence-corrected chi connectivity index (χ0v) is 12.8. The molecular formula is C14H16ClNS2. The van der Waals surface area contributed by atoms with Crippen molar-refractivity contribution in [3.63, 3.8) is 0 Å². The van der Waals surface area contributed by atoms with Crippen LogP contribution < -0.4 is 5.32 Å². The lowest BCUT2D eigenvalue weighted by atomic mass is 10.1. The lowest BCUT2D eigenvalue weighted by Crippen LogP contribution is -2.17. The van der Waals surface area contributed by atoms with Gasteiger partial charge in [0.2, 0.25) is 0 Å². The summed E-state index contributed by atoms with van der Waals surface area (Å²) in [6.45, 7) is 5.19. The number of halogens is 1. The minimum Gasteiger partial charge on any atom is -0.310 e. The van der Waals surface area contributed by atoms with Crippen LogP contribution in [0.2, 0.25) is 5.02 Å². The summed E-state index contributed by atoms with van der Waals surface area (Å²) in [7, 11) is 0. The molecule has 1 nitrogen and oxygen atoms in total. The van der Waals surface area contributed by atoms with E-state index in [1.54, 1.807) is 23.1 Å². The van der Waals surface area contributed by atoms with Crippen molar-refractivity contribution in [2.75, 3.05) is 6.54 Å². The van der Waals surface area contributed by atoms with E-state index in [0.717, 1.165) is 17.1 Å². The molecule has 1 heterocycles. The maximum atomic E-state index is 6.35. The predicted octanol–water partition coefficient (Wildman–Crippen LogP) is 5.22. The van der Waals surface area contributed by atoms with Crippen LogP contribution in [0.3, 0.4) is 0 Å². The number of hydrogen-bond donors (Lipinski definition) is 1. The molecule has 0 radical (unpaired) electrons. The number of benzene rings is 1. The van der Waals surface area contributed by atoms with Crippen molar-refractivity contribution >= 4 is 34.7 Å². The first kappa shape index (κ1) is 13.9. The van der Waals surface area contributed by atoms with E-state index in [9.17, 15) is 0 Å². The highest BCUT2D eigenvalue weighted by atomic mass is 35.5. The number of thiophene rings is 1. The first-order valence-electron chi connectivity index (χ1n) is 5.95. The summed E-state index contributed by atoms with van der Waals surface area (Å²) >= 11 is 9.86. The lowest BCUT2D eigenvalue weighted by Gasteiger charge is -2.15. The molecule has 96 valence electrons. The SMILES string of the molecule is CCNC(C)c1ccc(Sc2cccs2)cc1Cl. The Labute approximate surface area is 122 Å². The molecule has 1 aromatic heterocycles. The fourth-order valence-corrected chi connectivity index (χ4v) is 3.97. The minimum atomic E-state index is 0.295. The predicted molar refractivity (Wildman–Crippen MR) is 82.0 cm³/mol.